The van der Waals surface area contributed by atoms with Gasteiger partial charge in [0.15, 0.2) is 0 Å². The molecule has 2 aliphatic rings. The summed E-state index contributed by atoms with van der Waals surface area (Å²) in [5, 5.41) is 9.25. The number of ether oxygens (including phenoxy) is 2. The van der Waals surface area contributed by atoms with E-state index < -0.39 is 0 Å². The summed E-state index contributed by atoms with van der Waals surface area (Å²) in [6.07, 6.45) is 7.75. The molecule has 1 saturated carbocycles. The van der Waals surface area contributed by atoms with Gasteiger partial charge in [0.05, 0.1) is 30.0 Å². The zero-order chi connectivity index (χ0) is 21.4. The summed E-state index contributed by atoms with van der Waals surface area (Å²) >= 11 is 0. The van der Waals surface area contributed by atoms with Crippen LogP contribution in [0.3, 0.4) is 0 Å². The standard InChI is InChI=1S/C24H31N5O2/c1-15-4-8-19(9-5-15)26-24-25-16(2)22(23(27-24)31-20-10-11-30-14-20)17-6-7-18-13-29(3)28-21(18)12-17/h6-7,12-13,15,19-20H,4-5,8-11,14H2,1-3H3,(H,25,26,27)/t15-,19-,20-/m1/s1. The average Bonchev–Trinajstić information content (AvgIpc) is 3.37. The Morgan fingerprint density at radius 2 is 1.97 bits per heavy atom. The quantitative estimate of drug-likeness (QED) is 0.654. The minimum absolute atomic E-state index is 0.0232. The number of nitrogens with one attached hydrogen (secondary N) is 1. The number of aromatic nitrogens is 4. The monoisotopic (exact) mass is 421 g/mol. The molecular formula is C24H31N5O2. The summed E-state index contributed by atoms with van der Waals surface area (Å²) < 4.78 is 13.7. The Balaban J connectivity index is 1.50. The maximum absolute atomic E-state index is 6.36. The van der Waals surface area contributed by atoms with Crippen LogP contribution in [0.1, 0.15) is 44.7 Å². The molecule has 31 heavy (non-hydrogen) atoms. The molecule has 5 rings (SSSR count). The Hall–Kier alpha value is -2.67. The first kappa shape index (κ1) is 20.2. The van der Waals surface area contributed by atoms with Gasteiger partial charge in [-0.1, -0.05) is 19.1 Å². The molecule has 1 aliphatic heterocycles. The number of anilines is 1. The van der Waals surface area contributed by atoms with Crippen LogP contribution in [0.5, 0.6) is 5.88 Å². The SMILES string of the molecule is Cc1nc(N[C@H]2CC[C@H](C)CC2)nc(O[C@@H]2CCOC2)c1-c1ccc2cn(C)nc2c1. The fraction of sp³-hybridized carbons (Fsp3) is 0.542. The number of fused-ring (bicyclic) bond motifs is 1. The maximum atomic E-state index is 6.36. The summed E-state index contributed by atoms with van der Waals surface area (Å²) in [5.41, 5.74) is 3.82. The number of hydrogen-bond acceptors (Lipinski definition) is 6. The number of hydrogen-bond donors (Lipinski definition) is 1. The fourth-order valence-electron chi connectivity index (χ4n) is 4.67. The highest BCUT2D eigenvalue weighted by molar-refractivity contribution is 5.85. The van der Waals surface area contributed by atoms with E-state index >= 15 is 0 Å². The summed E-state index contributed by atoms with van der Waals surface area (Å²) in [7, 11) is 1.94. The van der Waals surface area contributed by atoms with E-state index in [2.05, 4.69) is 35.5 Å². The van der Waals surface area contributed by atoms with Crippen molar-refractivity contribution in [2.24, 2.45) is 13.0 Å². The molecule has 2 fully saturated rings. The van der Waals surface area contributed by atoms with Crippen LogP contribution < -0.4 is 10.1 Å². The van der Waals surface area contributed by atoms with Crippen molar-refractivity contribution in [3.8, 4) is 17.0 Å². The third-order valence-corrected chi connectivity index (χ3v) is 6.48. The van der Waals surface area contributed by atoms with Gasteiger partial charge in [0.2, 0.25) is 11.8 Å². The molecule has 7 nitrogen and oxygen atoms in total. The van der Waals surface area contributed by atoms with E-state index in [4.69, 9.17) is 19.4 Å². The van der Waals surface area contributed by atoms with Crippen molar-refractivity contribution >= 4 is 16.9 Å². The van der Waals surface area contributed by atoms with E-state index in [0.717, 1.165) is 59.5 Å². The van der Waals surface area contributed by atoms with Crippen molar-refractivity contribution < 1.29 is 9.47 Å². The smallest absolute Gasteiger partial charge is 0.226 e. The van der Waals surface area contributed by atoms with Crippen LogP contribution in [-0.4, -0.2) is 45.1 Å². The highest BCUT2D eigenvalue weighted by Gasteiger charge is 2.24. The third-order valence-electron chi connectivity index (χ3n) is 6.48. The van der Waals surface area contributed by atoms with Crippen molar-refractivity contribution in [3.63, 3.8) is 0 Å². The number of rotatable bonds is 5. The molecule has 1 saturated heterocycles. The van der Waals surface area contributed by atoms with E-state index in [1.54, 1.807) is 0 Å². The predicted octanol–water partition coefficient (Wildman–Crippen LogP) is 4.50. The van der Waals surface area contributed by atoms with Crippen LogP contribution in [-0.2, 0) is 11.8 Å². The second kappa shape index (κ2) is 8.46. The summed E-state index contributed by atoms with van der Waals surface area (Å²) in [6.45, 7) is 5.70. The molecule has 0 radical (unpaired) electrons. The summed E-state index contributed by atoms with van der Waals surface area (Å²) in [5.74, 6) is 2.10. The van der Waals surface area contributed by atoms with Crippen LogP contribution in [0.25, 0.3) is 22.0 Å². The zero-order valence-electron chi connectivity index (χ0n) is 18.6. The number of aryl methyl sites for hydroxylation is 2. The summed E-state index contributed by atoms with van der Waals surface area (Å²) in [4.78, 5) is 9.67. The number of benzene rings is 1. The van der Waals surface area contributed by atoms with E-state index in [0.29, 0.717) is 24.5 Å². The van der Waals surface area contributed by atoms with E-state index in [9.17, 15) is 0 Å². The summed E-state index contributed by atoms with van der Waals surface area (Å²) in [6, 6.07) is 6.71. The Morgan fingerprint density at radius 1 is 1.13 bits per heavy atom. The van der Waals surface area contributed by atoms with Gasteiger partial charge in [-0.25, -0.2) is 4.98 Å². The Morgan fingerprint density at radius 3 is 2.74 bits per heavy atom. The lowest BCUT2D eigenvalue weighted by atomic mass is 9.87. The molecule has 0 amide bonds. The normalized spacial score (nSPS) is 23.9. The van der Waals surface area contributed by atoms with Gasteiger partial charge in [0, 0.05) is 31.1 Å². The molecule has 1 atom stereocenters. The van der Waals surface area contributed by atoms with E-state index in [1.807, 2.05) is 24.9 Å². The van der Waals surface area contributed by atoms with Crippen LogP contribution in [0, 0.1) is 12.8 Å². The Bertz CT molecular complexity index is 1070. The molecule has 164 valence electrons. The number of nitrogens with zero attached hydrogens (tertiary/aromatic N) is 4. The maximum Gasteiger partial charge on any atom is 0.226 e. The molecule has 3 heterocycles. The second-order valence-corrected chi connectivity index (χ2v) is 9.09. The van der Waals surface area contributed by atoms with Gasteiger partial charge in [0.25, 0.3) is 0 Å². The topological polar surface area (TPSA) is 74.1 Å². The van der Waals surface area contributed by atoms with E-state index in [-0.39, 0.29) is 6.10 Å². The lowest BCUT2D eigenvalue weighted by molar-refractivity contribution is 0.138. The molecule has 1 aromatic carbocycles. The lowest BCUT2D eigenvalue weighted by Crippen LogP contribution is -2.26. The first-order chi connectivity index (χ1) is 15.0. The molecule has 1 aliphatic carbocycles. The second-order valence-electron chi connectivity index (χ2n) is 9.09. The van der Waals surface area contributed by atoms with Gasteiger partial charge >= 0.3 is 0 Å². The van der Waals surface area contributed by atoms with Gasteiger partial charge in [-0.15, -0.1) is 0 Å². The molecule has 0 bridgehead atoms. The molecule has 3 aromatic rings. The van der Waals surface area contributed by atoms with Crippen LogP contribution in [0.2, 0.25) is 0 Å². The highest BCUT2D eigenvalue weighted by atomic mass is 16.5. The molecule has 2 aromatic heterocycles. The molecule has 1 N–H and O–H groups in total. The van der Waals surface area contributed by atoms with Crippen LogP contribution in [0.15, 0.2) is 24.4 Å². The molecule has 0 unspecified atom stereocenters. The van der Waals surface area contributed by atoms with E-state index in [1.165, 1.54) is 12.8 Å². The Kier molecular flexibility index (Phi) is 5.52. The van der Waals surface area contributed by atoms with Crippen molar-refractivity contribution in [2.45, 2.75) is 58.1 Å². The predicted molar refractivity (Wildman–Crippen MR) is 121 cm³/mol. The average molecular weight is 422 g/mol. The zero-order valence-corrected chi connectivity index (χ0v) is 18.6. The molecule has 7 heteroatoms. The first-order valence-electron chi connectivity index (χ1n) is 11.4. The fourth-order valence-corrected chi connectivity index (χ4v) is 4.67. The van der Waals surface area contributed by atoms with Gasteiger partial charge in [-0.2, -0.15) is 10.1 Å². The van der Waals surface area contributed by atoms with Crippen molar-refractivity contribution in [1.82, 2.24) is 19.7 Å². The Labute approximate surface area is 183 Å². The van der Waals surface area contributed by atoms with Crippen molar-refractivity contribution in [1.29, 1.82) is 0 Å². The highest BCUT2D eigenvalue weighted by Crippen LogP contribution is 2.35. The van der Waals surface area contributed by atoms with Crippen molar-refractivity contribution in [3.05, 3.63) is 30.1 Å². The minimum atomic E-state index is 0.0232. The lowest BCUT2D eigenvalue weighted by Gasteiger charge is -2.27. The third kappa shape index (κ3) is 4.37. The largest absolute Gasteiger partial charge is 0.471 e. The molecule has 0 spiro atoms. The van der Waals surface area contributed by atoms with Crippen LogP contribution in [0.4, 0.5) is 5.95 Å². The van der Waals surface area contributed by atoms with Crippen LogP contribution >= 0.6 is 0 Å². The van der Waals surface area contributed by atoms with Gasteiger partial charge in [0.1, 0.15) is 6.10 Å². The minimum Gasteiger partial charge on any atom is -0.471 e. The van der Waals surface area contributed by atoms with Gasteiger partial charge < -0.3 is 14.8 Å². The van der Waals surface area contributed by atoms with Gasteiger partial charge in [-0.05, 0) is 50.2 Å². The molecular weight excluding hydrogens is 390 g/mol. The van der Waals surface area contributed by atoms with Gasteiger partial charge in [-0.3, -0.25) is 4.68 Å². The van der Waals surface area contributed by atoms with Crippen molar-refractivity contribution in [2.75, 3.05) is 18.5 Å². The first-order valence-corrected chi connectivity index (χ1v) is 11.4.